The Morgan fingerprint density at radius 2 is 1.97 bits per heavy atom. The van der Waals surface area contributed by atoms with Crippen LogP contribution in [0.5, 0.6) is 17.2 Å². The second-order valence-corrected chi connectivity index (χ2v) is 8.94. The molecule has 1 aromatic heterocycles. The fourth-order valence-corrected chi connectivity index (χ4v) is 4.88. The summed E-state index contributed by atoms with van der Waals surface area (Å²) in [5.41, 5.74) is 2.10. The zero-order valence-corrected chi connectivity index (χ0v) is 18.7. The largest absolute Gasteiger partial charge is 0.493 e. The van der Waals surface area contributed by atoms with Crippen molar-refractivity contribution in [1.82, 2.24) is 4.98 Å². The number of para-hydroxylation sites is 1. The summed E-state index contributed by atoms with van der Waals surface area (Å²) in [6.07, 6.45) is 0.560. The topological polar surface area (TPSA) is 110 Å². The first-order chi connectivity index (χ1) is 16.5. The van der Waals surface area contributed by atoms with E-state index in [9.17, 15) is 20.0 Å². The van der Waals surface area contributed by atoms with Crippen molar-refractivity contribution in [2.75, 3.05) is 6.61 Å². The lowest BCUT2D eigenvalue weighted by molar-refractivity contribution is -0.139. The van der Waals surface area contributed by atoms with Gasteiger partial charge in [-0.1, -0.05) is 12.1 Å². The van der Waals surface area contributed by atoms with Gasteiger partial charge in [-0.05, 0) is 48.9 Å². The van der Waals surface area contributed by atoms with Crippen molar-refractivity contribution in [3.63, 3.8) is 0 Å². The Morgan fingerprint density at radius 1 is 1.18 bits per heavy atom. The molecular formula is C26H18N2O5S. The van der Waals surface area contributed by atoms with Gasteiger partial charge in [0.25, 0.3) is 0 Å². The third kappa shape index (κ3) is 4.21. The number of carbonyl (C=O) groups is 2. The molecule has 5 rings (SSSR count). The fraction of sp³-hybridized carbons (Fsp3) is 0.154. The number of ether oxygens (including phenoxy) is 2. The number of carbonyl (C=O) groups excluding carboxylic acids is 1. The molecular weight excluding hydrogens is 452 g/mol. The number of ketones is 1. The van der Waals surface area contributed by atoms with E-state index in [-0.39, 0.29) is 30.1 Å². The number of carboxylic acid groups (broad SMARTS) is 1. The zero-order chi connectivity index (χ0) is 23.7. The quantitative estimate of drug-likeness (QED) is 0.379. The summed E-state index contributed by atoms with van der Waals surface area (Å²) in [7, 11) is 0. The second-order valence-electron chi connectivity index (χ2n) is 7.83. The standard InChI is InChI=1S/C26H18N2O5S/c27-14-16-11-19-18(26(30)31)9-10-32-23(19)13-22(16)33-17-7-5-15(6-8-17)21(29)12-25-28-20-3-1-2-4-24(20)34-25/h1-8,11,13,18H,9-10,12H2,(H,30,31). The lowest BCUT2D eigenvalue weighted by atomic mass is 9.91. The molecule has 3 aromatic carbocycles. The van der Waals surface area contributed by atoms with Crippen LogP contribution < -0.4 is 9.47 Å². The molecule has 0 saturated carbocycles. The van der Waals surface area contributed by atoms with Crippen LogP contribution in [-0.4, -0.2) is 28.4 Å². The molecule has 1 atom stereocenters. The first-order valence-electron chi connectivity index (χ1n) is 10.6. The number of aromatic nitrogens is 1. The average Bonchev–Trinajstić information content (AvgIpc) is 3.25. The van der Waals surface area contributed by atoms with Crippen LogP contribution in [0.15, 0.2) is 60.7 Å². The molecule has 7 nitrogen and oxygen atoms in total. The van der Waals surface area contributed by atoms with Crippen LogP contribution in [0, 0.1) is 11.3 Å². The zero-order valence-electron chi connectivity index (χ0n) is 17.9. The highest BCUT2D eigenvalue weighted by Gasteiger charge is 2.29. The third-order valence-electron chi connectivity index (χ3n) is 5.62. The van der Waals surface area contributed by atoms with Gasteiger partial charge >= 0.3 is 5.97 Å². The van der Waals surface area contributed by atoms with E-state index in [2.05, 4.69) is 11.1 Å². The van der Waals surface area contributed by atoms with Gasteiger partial charge < -0.3 is 14.6 Å². The van der Waals surface area contributed by atoms with E-state index in [1.54, 1.807) is 30.3 Å². The van der Waals surface area contributed by atoms with Gasteiger partial charge in [0.05, 0.1) is 34.7 Å². The molecule has 0 aliphatic carbocycles. The van der Waals surface area contributed by atoms with Gasteiger partial charge in [0.2, 0.25) is 0 Å². The van der Waals surface area contributed by atoms with Gasteiger partial charge in [-0.25, -0.2) is 4.98 Å². The second kappa shape index (κ2) is 8.96. The minimum Gasteiger partial charge on any atom is -0.493 e. The van der Waals surface area contributed by atoms with Crippen LogP contribution in [0.25, 0.3) is 10.2 Å². The summed E-state index contributed by atoms with van der Waals surface area (Å²) in [5, 5.41) is 19.8. The molecule has 0 amide bonds. The number of thiazole rings is 1. The number of hydrogen-bond acceptors (Lipinski definition) is 7. The summed E-state index contributed by atoms with van der Waals surface area (Å²) < 4.78 is 12.5. The average molecular weight is 471 g/mol. The van der Waals surface area contributed by atoms with Crippen molar-refractivity contribution >= 4 is 33.3 Å². The molecule has 1 aliphatic rings. The molecule has 1 N–H and O–H groups in total. The maximum Gasteiger partial charge on any atom is 0.311 e. The smallest absolute Gasteiger partial charge is 0.311 e. The summed E-state index contributed by atoms with van der Waals surface area (Å²) in [6.45, 7) is 0.279. The van der Waals surface area contributed by atoms with E-state index in [1.807, 2.05) is 24.3 Å². The predicted molar refractivity (Wildman–Crippen MR) is 126 cm³/mol. The molecule has 1 aliphatic heterocycles. The Balaban J connectivity index is 1.33. The first-order valence-corrected chi connectivity index (χ1v) is 11.4. The number of aliphatic carboxylic acids is 1. The van der Waals surface area contributed by atoms with Gasteiger partial charge in [0, 0.05) is 17.2 Å². The highest BCUT2D eigenvalue weighted by molar-refractivity contribution is 7.18. The first kappa shape index (κ1) is 21.6. The number of nitrogens with zero attached hydrogens (tertiary/aromatic N) is 2. The third-order valence-corrected chi connectivity index (χ3v) is 6.66. The Labute approximate surface area is 198 Å². The fourth-order valence-electron chi connectivity index (χ4n) is 3.92. The van der Waals surface area contributed by atoms with Crippen LogP contribution in [-0.2, 0) is 11.2 Å². The Hall–Kier alpha value is -4.22. The number of nitriles is 1. The molecule has 0 spiro atoms. The van der Waals surface area contributed by atoms with Gasteiger partial charge in [-0.15, -0.1) is 11.3 Å². The van der Waals surface area contributed by atoms with Crippen molar-refractivity contribution in [2.24, 2.45) is 0 Å². The lowest BCUT2D eigenvalue weighted by Crippen LogP contribution is -2.21. The highest BCUT2D eigenvalue weighted by Crippen LogP contribution is 2.39. The van der Waals surface area contributed by atoms with E-state index >= 15 is 0 Å². The van der Waals surface area contributed by atoms with E-state index in [4.69, 9.17) is 9.47 Å². The number of Topliss-reactive ketones (excluding diaryl/α,β-unsaturated/α-hetero) is 1. The number of fused-ring (bicyclic) bond motifs is 2. The van der Waals surface area contributed by atoms with Crippen LogP contribution in [0.4, 0.5) is 0 Å². The number of benzene rings is 3. The number of carboxylic acids is 1. The molecule has 8 heteroatoms. The molecule has 0 bridgehead atoms. The maximum atomic E-state index is 12.7. The normalized spacial score (nSPS) is 14.6. The van der Waals surface area contributed by atoms with Gasteiger partial charge in [-0.3, -0.25) is 9.59 Å². The van der Waals surface area contributed by atoms with Gasteiger partial charge in [-0.2, -0.15) is 5.26 Å². The van der Waals surface area contributed by atoms with Crippen LogP contribution >= 0.6 is 11.3 Å². The van der Waals surface area contributed by atoms with Crippen molar-refractivity contribution in [2.45, 2.75) is 18.8 Å². The minimum absolute atomic E-state index is 0.0507. The Kier molecular flexibility index (Phi) is 5.70. The van der Waals surface area contributed by atoms with Crippen LogP contribution in [0.2, 0.25) is 0 Å². The molecule has 2 heterocycles. The summed E-state index contributed by atoms with van der Waals surface area (Å²) in [4.78, 5) is 28.8. The monoisotopic (exact) mass is 470 g/mol. The van der Waals surface area contributed by atoms with Crippen molar-refractivity contribution in [3.05, 3.63) is 82.4 Å². The Bertz CT molecular complexity index is 1420. The highest BCUT2D eigenvalue weighted by atomic mass is 32.1. The predicted octanol–water partition coefficient (Wildman–Crippen LogP) is 5.34. The minimum atomic E-state index is -0.951. The van der Waals surface area contributed by atoms with Crippen molar-refractivity contribution < 1.29 is 24.2 Å². The maximum absolute atomic E-state index is 12.7. The number of rotatable bonds is 6. The van der Waals surface area contributed by atoms with E-state index in [0.717, 1.165) is 15.2 Å². The molecule has 1 unspecified atom stereocenters. The van der Waals surface area contributed by atoms with Crippen molar-refractivity contribution in [1.29, 1.82) is 5.26 Å². The Morgan fingerprint density at radius 3 is 2.71 bits per heavy atom. The van der Waals surface area contributed by atoms with Gasteiger partial charge in [0.15, 0.2) is 5.78 Å². The summed E-state index contributed by atoms with van der Waals surface area (Å²) in [6, 6.07) is 19.6. The van der Waals surface area contributed by atoms with E-state index < -0.39 is 11.9 Å². The van der Waals surface area contributed by atoms with E-state index in [1.165, 1.54) is 17.4 Å². The lowest BCUT2D eigenvalue weighted by Gasteiger charge is -2.24. The molecule has 0 fully saturated rings. The summed E-state index contributed by atoms with van der Waals surface area (Å²) >= 11 is 1.51. The van der Waals surface area contributed by atoms with Gasteiger partial charge in [0.1, 0.15) is 28.3 Å². The molecule has 34 heavy (non-hydrogen) atoms. The van der Waals surface area contributed by atoms with E-state index in [0.29, 0.717) is 29.0 Å². The van der Waals surface area contributed by atoms with Crippen LogP contribution in [0.1, 0.15) is 38.8 Å². The molecule has 4 aromatic rings. The number of hydrogen-bond donors (Lipinski definition) is 1. The molecule has 0 radical (unpaired) electrons. The SMILES string of the molecule is N#Cc1cc2c(cc1Oc1ccc(C(=O)Cc3nc4ccccc4s3)cc1)OCCC2C(=O)O. The molecule has 0 saturated heterocycles. The molecule has 168 valence electrons. The van der Waals surface area contributed by atoms with Crippen LogP contribution in [0.3, 0.4) is 0 Å². The van der Waals surface area contributed by atoms with Crippen molar-refractivity contribution in [3.8, 4) is 23.3 Å². The summed E-state index contributed by atoms with van der Waals surface area (Å²) in [5.74, 6) is -0.612.